The highest BCUT2D eigenvalue weighted by molar-refractivity contribution is 5.39. The fourth-order valence-electron chi connectivity index (χ4n) is 1.54. The molecule has 0 aliphatic rings. The third kappa shape index (κ3) is 2.15. The summed E-state index contributed by atoms with van der Waals surface area (Å²) in [7, 11) is 4.13. The van der Waals surface area contributed by atoms with E-state index in [1.54, 1.807) is 0 Å². The van der Waals surface area contributed by atoms with Crippen molar-refractivity contribution >= 4 is 5.65 Å². The van der Waals surface area contributed by atoms with Crippen LogP contribution in [0.5, 0.6) is 0 Å². The van der Waals surface area contributed by atoms with Crippen LogP contribution < -0.4 is 0 Å². The van der Waals surface area contributed by atoms with E-state index in [1.165, 1.54) is 5.56 Å². The number of aromatic nitrogens is 3. The number of aryl methyl sites for hydroxylation is 1. The molecule has 0 aromatic carbocycles. The molecule has 0 aliphatic heterocycles. The van der Waals surface area contributed by atoms with Gasteiger partial charge in [0.05, 0.1) is 0 Å². The van der Waals surface area contributed by atoms with Gasteiger partial charge < -0.3 is 4.90 Å². The van der Waals surface area contributed by atoms with Gasteiger partial charge in [0.2, 0.25) is 0 Å². The van der Waals surface area contributed by atoms with Crippen molar-refractivity contribution in [2.75, 3.05) is 20.6 Å². The van der Waals surface area contributed by atoms with Gasteiger partial charge in [-0.3, -0.25) is 4.40 Å². The Kier molecular flexibility index (Phi) is 2.68. The monoisotopic (exact) mass is 204 g/mol. The fourth-order valence-corrected chi connectivity index (χ4v) is 1.54. The molecule has 0 saturated carbocycles. The molecule has 2 heterocycles. The summed E-state index contributed by atoms with van der Waals surface area (Å²) >= 11 is 0. The molecule has 0 aliphatic carbocycles. The highest BCUT2D eigenvalue weighted by Crippen LogP contribution is 2.06. The zero-order chi connectivity index (χ0) is 10.8. The first-order valence-corrected chi connectivity index (χ1v) is 5.12. The third-order valence-electron chi connectivity index (χ3n) is 2.40. The first-order chi connectivity index (χ1) is 7.16. The van der Waals surface area contributed by atoms with Gasteiger partial charge in [0, 0.05) is 19.2 Å². The molecule has 80 valence electrons. The summed E-state index contributed by atoms with van der Waals surface area (Å²) in [5.41, 5.74) is 2.16. The first-order valence-electron chi connectivity index (χ1n) is 5.12. The zero-order valence-electron chi connectivity index (χ0n) is 9.44. The van der Waals surface area contributed by atoms with Crippen molar-refractivity contribution in [2.45, 2.75) is 13.3 Å². The lowest BCUT2D eigenvalue weighted by Crippen LogP contribution is -2.16. The maximum atomic E-state index is 4.19. The van der Waals surface area contributed by atoms with Gasteiger partial charge in [-0.05, 0) is 32.6 Å². The smallest absolute Gasteiger partial charge is 0.160 e. The Bertz CT molecular complexity index is 459. The van der Waals surface area contributed by atoms with E-state index in [9.17, 15) is 0 Å². The van der Waals surface area contributed by atoms with Gasteiger partial charge in [-0.2, -0.15) is 0 Å². The maximum absolute atomic E-state index is 4.19. The maximum Gasteiger partial charge on any atom is 0.160 e. The number of hydrogen-bond acceptors (Lipinski definition) is 3. The second-order valence-electron chi connectivity index (χ2n) is 4.10. The summed E-state index contributed by atoms with van der Waals surface area (Å²) in [6.45, 7) is 3.07. The molecule has 0 N–H and O–H groups in total. The highest BCUT2D eigenvalue weighted by atomic mass is 15.2. The zero-order valence-corrected chi connectivity index (χ0v) is 9.44. The van der Waals surface area contributed by atoms with E-state index in [1.807, 2.05) is 6.07 Å². The normalized spacial score (nSPS) is 11.5. The molecule has 2 rings (SSSR count). The topological polar surface area (TPSA) is 33.4 Å². The Morgan fingerprint density at radius 3 is 2.80 bits per heavy atom. The van der Waals surface area contributed by atoms with Crippen LogP contribution in [0.1, 0.15) is 11.4 Å². The first kappa shape index (κ1) is 10.1. The molecule has 2 aromatic rings. The molecule has 15 heavy (non-hydrogen) atoms. The Morgan fingerprint density at radius 2 is 2.07 bits per heavy atom. The van der Waals surface area contributed by atoms with E-state index in [4.69, 9.17) is 0 Å². The molecule has 4 heteroatoms. The number of pyridine rings is 1. The van der Waals surface area contributed by atoms with Gasteiger partial charge in [-0.1, -0.05) is 6.07 Å². The molecule has 0 bridgehead atoms. The number of fused-ring (bicyclic) bond motifs is 1. The van der Waals surface area contributed by atoms with Crippen LogP contribution in [0.3, 0.4) is 0 Å². The van der Waals surface area contributed by atoms with Crippen molar-refractivity contribution in [2.24, 2.45) is 0 Å². The Hall–Kier alpha value is -1.42. The summed E-state index contributed by atoms with van der Waals surface area (Å²) in [4.78, 5) is 2.15. The lowest BCUT2D eigenvalue weighted by atomic mass is 10.3. The second-order valence-corrected chi connectivity index (χ2v) is 4.10. The molecule has 4 nitrogen and oxygen atoms in total. The van der Waals surface area contributed by atoms with Crippen molar-refractivity contribution < 1.29 is 0 Å². The van der Waals surface area contributed by atoms with Crippen LogP contribution in [-0.4, -0.2) is 40.1 Å². The lowest BCUT2D eigenvalue weighted by molar-refractivity contribution is 0.409. The Labute approximate surface area is 89.5 Å². The van der Waals surface area contributed by atoms with Gasteiger partial charge in [-0.25, -0.2) is 0 Å². The van der Waals surface area contributed by atoms with Gasteiger partial charge in [0.1, 0.15) is 5.82 Å². The predicted octanol–water partition coefficient (Wildman–Crippen LogP) is 1.14. The van der Waals surface area contributed by atoms with Crippen LogP contribution in [0.4, 0.5) is 0 Å². The van der Waals surface area contributed by atoms with E-state index >= 15 is 0 Å². The number of hydrogen-bond donors (Lipinski definition) is 0. The quantitative estimate of drug-likeness (QED) is 0.751. The average Bonchev–Trinajstić information content (AvgIpc) is 2.57. The molecule has 0 radical (unpaired) electrons. The summed E-state index contributed by atoms with van der Waals surface area (Å²) in [5, 5.41) is 8.33. The lowest BCUT2D eigenvalue weighted by Gasteiger charge is -2.07. The van der Waals surface area contributed by atoms with Gasteiger partial charge in [0.25, 0.3) is 0 Å². The highest BCUT2D eigenvalue weighted by Gasteiger charge is 2.05. The SMILES string of the molecule is Cc1ccc2nnc(CCN(C)C)n2c1. The van der Waals surface area contributed by atoms with Crippen LogP contribution >= 0.6 is 0 Å². The van der Waals surface area contributed by atoms with Crippen LogP contribution in [-0.2, 0) is 6.42 Å². The number of nitrogens with zero attached hydrogens (tertiary/aromatic N) is 4. The van der Waals surface area contributed by atoms with Crippen LogP contribution in [0, 0.1) is 6.92 Å². The Morgan fingerprint density at radius 1 is 1.27 bits per heavy atom. The fraction of sp³-hybridized carbons (Fsp3) is 0.455. The summed E-state index contributed by atoms with van der Waals surface area (Å²) in [5.74, 6) is 1.03. The van der Waals surface area contributed by atoms with Crippen molar-refractivity contribution in [1.29, 1.82) is 0 Å². The van der Waals surface area contributed by atoms with Gasteiger partial charge >= 0.3 is 0 Å². The summed E-state index contributed by atoms with van der Waals surface area (Å²) < 4.78 is 2.07. The molecular formula is C11H16N4. The van der Waals surface area contributed by atoms with Crippen molar-refractivity contribution in [3.63, 3.8) is 0 Å². The minimum Gasteiger partial charge on any atom is -0.309 e. The number of likely N-dealkylation sites (N-methyl/N-ethyl adjacent to an activating group) is 1. The second kappa shape index (κ2) is 3.98. The van der Waals surface area contributed by atoms with Crippen LogP contribution in [0.15, 0.2) is 18.3 Å². The predicted molar refractivity (Wildman–Crippen MR) is 60.0 cm³/mol. The van der Waals surface area contributed by atoms with E-state index in [0.29, 0.717) is 0 Å². The van der Waals surface area contributed by atoms with Crippen LogP contribution in [0.2, 0.25) is 0 Å². The Balaban J connectivity index is 2.31. The molecule has 0 spiro atoms. The molecule has 0 unspecified atom stereocenters. The van der Waals surface area contributed by atoms with Crippen molar-refractivity contribution in [1.82, 2.24) is 19.5 Å². The molecule has 0 amide bonds. The minimum absolute atomic E-state index is 0.925. The minimum atomic E-state index is 0.925. The van der Waals surface area contributed by atoms with Crippen molar-refractivity contribution in [3.8, 4) is 0 Å². The largest absolute Gasteiger partial charge is 0.309 e. The average molecular weight is 204 g/mol. The van der Waals surface area contributed by atoms with Crippen molar-refractivity contribution in [3.05, 3.63) is 29.7 Å². The van der Waals surface area contributed by atoms with E-state index in [2.05, 4.69) is 52.8 Å². The van der Waals surface area contributed by atoms with E-state index < -0.39 is 0 Å². The third-order valence-corrected chi connectivity index (χ3v) is 2.40. The summed E-state index contributed by atoms with van der Waals surface area (Å²) in [6, 6.07) is 4.06. The standard InChI is InChI=1S/C11H16N4/c1-9-4-5-10-12-13-11(15(10)8-9)6-7-14(2)3/h4-5,8H,6-7H2,1-3H3. The molecule has 0 fully saturated rings. The van der Waals surface area contributed by atoms with Crippen LogP contribution in [0.25, 0.3) is 5.65 Å². The molecule has 2 aromatic heterocycles. The summed E-state index contributed by atoms with van der Waals surface area (Å²) in [6.07, 6.45) is 3.01. The van der Waals surface area contributed by atoms with Gasteiger partial charge in [-0.15, -0.1) is 10.2 Å². The molecule has 0 atom stereocenters. The molecule has 0 saturated heterocycles. The van der Waals surface area contributed by atoms with Gasteiger partial charge in [0.15, 0.2) is 5.65 Å². The molecular weight excluding hydrogens is 188 g/mol. The van der Waals surface area contributed by atoms with E-state index in [-0.39, 0.29) is 0 Å². The number of rotatable bonds is 3. The van der Waals surface area contributed by atoms with E-state index in [0.717, 1.165) is 24.4 Å².